The van der Waals surface area contributed by atoms with E-state index < -0.39 is 36.2 Å². The zero-order chi connectivity index (χ0) is 24.4. The van der Waals surface area contributed by atoms with Gasteiger partial charge in [-0.15, -0.1) is 0 Å². The number of anilines is 2. The second-order valence-electron chi connectivity index (χ2n) is 8.65. The molecule has 4 rings (SSSR count). The molecule has 1 heterocycles. The van der Waals surface area contributed by atoms with Crippen molar-refractivity contribution in [3.05, 3.63) is 71.4 Å². The Morgan fingerprint density at radius 3 is 2.50 bits per heavy atom. The van der Waals surface area contributed by atoms with Gasteiger partial charge in [0.2, 0.25) is 0 Å². The van der Waals surface area contributed by atoms with Gasteiger partial charge in [0.1, 0.15) is 11.6 Å². The second-order valence-corrected chi connectivity index (χ2v) is 8.65. The first kappa shape index (κ1) is 23.8. The van der Waals surface area contributed by atoms with Crippen molar-refractivity contribution in [1.29, 1.82) is 0 Å². The Morgan fingerprint density at radius 1 is 1.18 bits per heavy atom. The minimum Gasteiger partial charge on any atom is -0.481 e. The summed E-state index contributed by atoms with van der Waals surface area (Å²) in [4.78, 5) is 17.4. The standard InChI is InChI=1S/C26H26F2N2O4/c1-30(18-11-16(27)10-17(28)12-18)26-21-4-2-3-5-23(21)29-25(15-6-7-15)22(26)9-8-19(31)13-20(32)14-24(33)34/h2-5,8-12,15,19-20,31-32H,6-7,13-14H2,1H3,(H,33,34)/b9-8+/t19-,20-/m1/s1. The zero-order valence-corrected chi connectivity index (χ0v) is 18.7. The Bertz CT molecular complexity index is 1220. The van der Waals surface area contributed by atoms with Gasteiger partial charge in [0.05, 0.1) is 35.5 Å². The Hall–Kier alpha value is -3.36. The highest BCUT2D eigenvalue weighted by atomic mass is 19.1. The monoisotopic (exact) mass is 468 g/mol. The van der Waals surface area contributed by atoms with Crippen LogP contribution >= 0.6 is 0 Å². The van der Waals surface area contributed by atoms with Gasteiger partial charge in [0.25, 0.3) is 0 Å². The van der Waals surface area contributed by atoms with Crippen LogP contribution in [0.5, 0.6) is 0 Å². The number of aromatic nitrogens is 1. The van der Waals surface area contributed by atoms with E-state index in [0.29, 0.717) is 16.9 Å². The van der Waals surface area contributed by atoms with Gasteiger partial charge in [-0.1, -0.05) is 30.4 Å². The Labute approximate surface area is 195 Å². The number of hydrogen-bond acceptors (Lipinski definition) is 5. The molecular weight excluding hydrogens is 442 g/mol. The maximum atomic E-state index is 14.0. The number of nitrogens with zero attached hydrogens (tertiary/aromatic N) is 2. The predicted octanol–water partition coefficient (Wildman–Crippen LogP) is 4.76. The van der Waals surface area contributed by atoms with Gasteiger partial charge in [-0.05, 0) is 31.0 Å². The Balaban J connectivity index is 1.81. The van der Waals surface area contributed by atoms with Gasteiger partial charge in [0.15, 0.2) is 0 Å². The van der Waals surface area contributed by atoms with Crippen molar-refractivity contribution < 1.29 is 28.9 Å². The third-order valence-electron chi connectivity index (χ3n) is 5.87. The van der Waals surface area contributed by atoms with E-state index in [1.807, 2.05) is 24.3 Å². The number of rotatable bonds is 9. The molecule has 3 N–H and O–H groups in total. The summed E-state index contributed by atoms with van der Waals surface area (Å²) in [5.74, 6) is -2.30. The number of carboxylic acid groups (broad SMARTS) is 1. The lowest BCUT2D eigenvalue weighted by Crippen LogP contribution is -2.19. The van der Waals surface area contributed by atoms with E-state index in [-0.39, 0.29) is 12.3 Å². The van der Waals surface area contributed by atoms with Gasteiger partial charge in [-0.3, -0.25) is 9.78 Å². The van der Waals surface area contributed by atoms with Crippen LogP contribution in [0.4, 0.5) is 20.2 Å². The van der Waals surface area contributed by atoms with Crippen LogP contribution in [0.25, 0.3) is 17.0 Å². The first-order valence-corrected chi connectivity index (χ1v) is 11.1. The maximum Gasteiger partial charge on any atom is 0.305 e. The SMILES string of the molecule is CN(c1cc(F)cc(F)c1)c1c(/C=C/[C@@H](O)C[C@@H](O)CC(=O)O)c(C2CC2)nc2ccccc12. The summed E-state index contributed by atoms with van der Waals surface area (Å²) in [5, 5.41) is 29.9. The summed E-state index contributed by atoms with van der Waals surface area (Å²) < 4.78 is 28.0. The number of carbonyl (C=O) groups is 1. The van der Waals surface area contributed by atoms with Crippen LogP contribution in [0.3, 0.4) is 0 Å². The number of aliphatic hydroxyl groups excluding tert-OH is 2. The molecule has 1 aliphatic carbocycles. The van der Waals surface area contributed by atoms with Crippen LogP contribution in [-0.2, 0) is 4.79 Å². The van der Waals surface area contributed by atoms with Crippen molar-refractivity contribution in [2.75, 3.05) is 11.9 Å². The van der Waals surface area contributed by atoms with E-state index >= 15 is 0 Å². The van der Waals surface area contributed by atoms with Crippen molar-refractivity contribution in [2.24, 2.45) is 0 Å². The van der Waals surface area contributed by atoms with Crippen LogP contribution < -0.4 is 4.90 Å². The lowest BCUT2D eigenvalue weighted by atomic mass is 9.99. The van der Waals surface area contributed by atoms with Crippen molar-refractivity contribution >= 4 is 34.3 Å². The van der Waals surface area contributed by atoms with E-state index in [4.69, 9.17) is 10.1 Å². The Morgan fingerprint density at radius 2 is 1.85 bits per heavy atom. The second kappa shape index (κ2) is 9.87. The molecule has 0 aliphatic heterocycles. The molecule has 6 nitrogen and oxygen atoms in total. The highest BCUT2D eigenvalue weighted by Gasteiger charge is 2.30. The number of benzene rings is 2. The van der Waals surface area contributed by atoms with E-state index in [0.717, 1.165) is 35.5 Å². The number of fused-ring (bicyclic) bond motifs is 1. The number of halogens is 2. The third-order valence-corrected chi connectivity index (χ3v) is 5.87. The molecular formula is C26H26F2N2O4. The minimum absolute atomic E-state index is 0.136. The topological polar surface area (TPSA) is 93.9 Å². The molecule has 178 valence electrons. The van der Waals surface area contributed by atoms with Gasteiger partial charge in [0, 0.05) is 42.1 Å². The maximum absolute atomic E-state index is 14.0. The van der Waals surface area contributed by atoms with Gasteiger partial charge in [-0.25, -0.2) is 8.78 Å². The summed E-state index contributed by atoms with van der Waals surface area (Å²) in [6.45, 7) is 0. The Kier molecular flexibility index (Phi) is 6.90. The van der Waals surface area contributed by atoms with E-state index in [1.165, 1.54) is 18.2 Å². The number of para-hydroxylation sites is 1. The predicted molar refractivity (Wildman–Crippen MR) is 126 cm³/mol. The lowest BCUT2D eigenvalue weighted by Gasteiger charge is -2.25. The van der Waals surface area contributed by atoms with E-state index in [2.05, 4.69) is 0 Å². The summed E-state index contributed by atoms with van der Waals surface area (Å²) in [7, 11) is 1.72. The molecule has 0 unspecified atom stereocenters. The molecule has 1 fully saturated rings. The molecule has 1 aliphatic rings. The highest BCUT2D eigenvalue weighted by molar-refractivity contribution is 5.99. The number of carboxylic acids is 1. The molecule has 0 spiro atoms. The molecule has 1 aromatic heterocycles. The van der Waals surface area contributed by atoms with Crippen LogP contribution in [0.2, 0.25) is 0 Å². The van der Waals surface area contributed by atoms with Gasteiger partial charge >= 0.3 is 5.97 Å². The number of hydrogen-bond donors (Lipinski definition) is 3. The van der Waals surface area contributed by atoms with Crippen LogP contribution in [0.15, 0.2) is 48.5 Å². The van der Waals surface area contributed by atoms with Crippen LogP contribution in [-0.4, -0.2) is 45.5 Å². The average Bonchev–Trinajstić information content (AvgIpc) is 3.60. The quantitative estimate of drug-likeness (QED) is 0.419. The molecule has 1 saturated carbocycles. The van der Waals surface area contributed by atoms with Crippen molar-refractivity contribution in [1.82, 2.24) is 4.98 Å². The zero-order valence-electron chi connectivity index (χ0n) is 18.7. The number of aliphatic hydroxyl groups is 2. The number of pyridine rings is 1. The fraction of sp³-hybridized carbons (Fsp3) is 0.308. The molecule has 0 amide bonds. The van der Waals surface area contributed by atoms with E-state index in [1.54, 1.807) is 18.0 Å². The first-order chi connectivity index (χ1) is 16.2. The van der Waals surface area contributed by atoms with Crippen molar-refractivity contribution in [3.8, 4) is 0 Å². The fourth-order valence-electron chi connectivity index (χ4n) is 4.13. The van der Waals surface area contributed by atoms with Gasteiger partial charge < -0.3 is 20.2 Å². The molecule has 0 bridgehead atoms. The first-order valence-electron chi connectivity index (χ1n) is 11.1. The lowest BCUT2D eigenvalue weighted by molar-refractivity contribution is -0.139. The van der Waals surface area contributed by atoms with Crippen molar-refractivity contribution in [3.63, 3.8) is 0 Å². The molecule has 8 heteroatoms. The van der Waals surface area contributed by atoms with Crippen LogP contribution in [0.1, 0.15) is 42.9 Å². The van der Waals surface area contributed by atoms with E-state index in [9.17, 15) is 23.8 Å². The molecule has 0 saturated heterocycles. The summed E-state index contributed by atoms with van der Waals surface area (Å²) >= 11 is 0. The van der Waals surface area contributed by atoms with Gasteiger partial charge in [-0.2, -0.15) is 0 Å². The summed E-state index contributed by atoms with van der Waals surface area (Å²) in [5.41, 5.74) is 3.29. The summed E-state index contributed by atoms with van der Waals surface area (Å²) in [6.07, 6.45) is 2.24. The summed E-state index contributed by atoms with van der Waals surface area (Å²) in [6, 6.07) is 10.8. The average molecular weight is 469 g/mol. The largest absolute Gasteiger partial charge is 0.481 e. The smallest absolute Gasteiger partial charge is 0.305 e. The molecule has 3 aromatic rings. The highest BCUT2D eigenvalue weighted by Crippen LogP contribution is 2.46. The molecule has 2 aromatic carbocycles. The van der Waals surface area contributed by atoms with Crippen LogP contribution in [0, 0.1) is 11.6 Å². The van der Waals surface area contributed by atoms with Crippen molar-refractivity contribution in [2.45, 2.75) is 43.8 Å². The fourth-order valence-corrected chi connectivity index (χ4v) is 4.13. The normalized spacial score (nSPS) is 15.6. The molecule has 0 radical (unpaired) electrons. The molecule has 2 atom stereocenters. The third kappa shape index (κ3) is 5.40. The molecule has 34 heavy (non-hydrogen) atoms. The minimum atomic E-state index is -1.19. The number of aliphatic carboxylic acids is 1.